The molecule has 0 aliphatic heterocycles. The predicted molar refractivity (Wildman–Crippen MR) is 141 cm³/mol. The van der Waals surface area contributed by atoms with Gasteiger partial charge in [-0.1, -0.05) is 96.8 Å². The molecule has 0 aliphatic rings. The van der Waals surface area contributed by atoms with Crippen LogP contribution in [0.4, 0.5) is 10.1 Å². The first-order chi connectivity index (χ1) is 17.0. The summed E-state index contributed by atoms with van der Waals surface area (Å²) in [6.45, 7) is 2.26. The molecule has 1 aromatic carbocycles. The molecular formula is C28H42FN3O3. The number of anilines is 1. The predicted octanol–water partition coefficient (Wildman–Crippen LogP) is 6.86. The van der Waals surface area contributed by atoms with E-state index in [4.69, 9.17) is 0 Å². The standard InChI is InChI=1S/C28H42FN3O3/c1-2-3-4-5-6-7-8-9-10-11-12-13-14-15-16-17-26(33)30-23-18-20-24(21-19-23)32-22-25(29)27(34)31-28(32)35/h18-22H,2-17H2,1H3,(H,30,33)(H,31,34,35). The van der Waals surface area contributed by atoms with Crippen molar-refractivity contribution in [1.82, 2.24) is 9.55 Å². The van der Waals surface area contributed by atoms with Gasteiger partial charge in [0.1, 0.15) is 0 Å². The second-order valence-corrected chi connectivity index (χ2v) is 9.40. The Morgan fingerprint density at radius 3 is 1.80 bits per heavy atom. The van der Waals surface area contributed by atoms with Gasteiger partial charge < -0.3 is 5.32 Å². The number of amides is 1. The highest BCUT2D eigenvalue weighted by molar-refractivity contribution is 5.90. The molecular weight excluding hydrogens is 445 g/mol. The summed E-state index contributed by atoms with van der Waals surface area (Å²) >= 11 is 0. The Morgan fingerprint density at radius 2 is 1.29 bits per heavy atom. The molecule has 0 radical (unpaired) electrons. The van der Waals surface area contributed by atoms with Crippen LogP contribution < -0.4 is 16.6 Å². The summed E-state index contributed by atoms with van der Waals surface area (Å²) in [5.74, 6) is -1.08. The Labute approximate surface area is 208 Å². The number of carbonyl (C=O) groups excluding carboxylic acids is 1. The van der Waals surface area contributed by atoms with Crippen LogP contribution in [-0.4, -0.2) is 15.5 Å². The number of hydrogen-bond acceptors (Lipinski definition) is 3. The number of aromatic amines is 1. The monoisotopic (exact) mass is 487 g/mol. The van der Waals surface area contributed by atoms with Gasteiger partial charge >= 0.3 is 5.69 Å². The van der Waals surface area contributed by atoms with Crippen molar-refractivity contribution in [3.8, 4) is 5.69 Å². The van der Waals surface area contributed by atoms with Crippen molar-refractivity contribution >= 4 is 11.6 Å². The smallest absolute Gasteiger partial charge is 0.326 e. The third-order valence-electron chi connectivity index (χ3n) is 6.34. The fourth-order valence-corrected chi connectivity index (χ4v) is 4.23. The average molecular weight is 488 g/mol. The minimum Gasteiger partial charge on any atom is -0.326 e. The molecule has 0 unspecified atom stereocenters. The second-order valence-electron chi connectivity index (χ2n) is 9.40. The number of aromatic nitrogens is 2. The number of nitrogens with zero attached hydrogens (tertiary/aromatic N) is 1. The summed E-state index contributed by atoms with van der Waals surface area (Å²) in [5, 5.41) is 2.85. The van der Waals surface area contributed by atoms with Gasteiger partial charge in [-0.15, -0.1) is 0 Å². The van der Waals surface area contributed by atoms with E-state index in [0.29, 0.717) is 17.8 Å². The van der Waals surface area contributed by atoms with Crippen LogP contribution in [0, 0.1) is 5.82 Å². The molecule has 2 rings (SSSR count). The van der Waals surface area contributed by atoms with E-state index in [1.807, 2.05) is 4.98 Å². The summed E-state index contributed by atoms with van der Waals surface area (Å²) in [4.78, 5) is 37.1. The molecule has 0 spiro atoms. The summed E-state index contributed by atoms with van der Waals surface area (Å²) < 4.78 is 14.5. The van der Waals surface area contributed by atoms with Gasteiger partial charge in [-0.25, -0.2) is 4.79 Å². The van der Waals surface area contributed by atoms with Crippen molar-refractivity contribution in [1.29, 1.82) is 0 Å². The molecule has 0 atom stereocenters. The topological polar surface area (TPSA) is 84.0 Å². The molecule has 0 saturated carbocycles. The highest BCUT2D eigenvalue weighted by Crippen LogP contribution is 2.15. The summed E-state index contributed by atoms with van der Waals surface area (Å²) in [6.07, 6.45) is 20.7. The molecule has 2 aromatic rings. The number of unbranched alkanes of at least 4 members (excludes halogenated alkanes) is 14. The summed E-state index contributed by atoms with van der Waals surface area (Å²) in [7, 11) is 0. The average Bonchev–Trinajstić information content (AvgIpc) is 2.84. The molecule has 1 amide bonds. The summed E-state index contributed by atoms with van der Waals surface area (Å²) in [6, 6.07) is 6.47. The Morgan fingerprint density at radius 1 is 0.800 bits per heavy atom. The molecule has 0 bridgehead atoms. The van der Waals surface area contributed by atoms with Gasteiger partial charge in [-0.05, 0) is 30.7 Å². The molecule has 1 aromatic heterocycles. The SMILES string of the molecule is CCCCCCCCCCCCCCCCCC(=O)Nc1ccc(-n2cc(F)c(=O)[nH]c2=O)cc1. The highest BCUT2D eigenvalue weighted by Gasteiger charge is 2.07. The minimum absolute atomic E-state index is 0.0419. The van der Waals surface area contributed by atoms with Crippen LogP contribution in [0.15, 0.2) is 40.1 Å². The third kappa shape index (κ3) is 11.5. The lowest BCUT2D eigenvalue weighted by molar-refractivity contribution is -0.116. The van der Waals surface area contributed by atoms with Crippen molar-refractivity contribution < 1.29 is 9.18 Å². The maximum Gasteiger partial charge on any atom is 0.333 e. The molecule has 2 N–H and O–H groups in total. The Bertz CT molecular complexity index is 982. The molecule has 0 fully saturated rings. The largest absolute Gasteiger partial charge is 0.333 e. The Hall–Kier alpha value is -2.70. The lowest BCUT2D eigenvalue weighted by Crippen LogP contribution is -2.30. The van der Waals surface area contributed by atoms with Crippen molar-refractivity contribution in [2.24, 2.45) is 0 Å². The van der Waals surface area contributed by atoms with Gasteiger partial charge in [0.05, 0.1) is 11.9 Å². The van der Waals surface area contributed by atoms with Crippen molar-refractivity contribution in [3.05, 3.63) is 57.1 Å². The third-order valence-corrected chi connectivity index (χ3v) is 6.34. The van der Waals surface area contributed by atoms with Crippen LogP contribution in [0.25, 0.3) is 5.69 Å². The van der Waals surface area contributed by atoms with E-state index in [1.165, 1.54) is 83.5 Å². The van der Waals surface area contributed by atoms with Crippen molar-refractivity contribution in [2.75, 3.05) is 5.32 Å². The second kappa shape index (κ2) is 16.8. The number of halogens is 1. The molecule has 7 heteroatoms. The molecule has 35 heavy (non-hydrogen) atoms. The number of rotatable bonds is 18. The van der Waals surface area contributed by atoms with Gasteiger partial charge in [0, 0.05) is 12.1 Å². The van der Waals surface area contributed by atoms with Gasteiger partial charge in [0.25, 0.3) is 5.56 Å². The minimum atomic E-state index is -1.05. The maximum absolute atomic E-state index is 13.5. The Kier molecular flexibility index (Phi) is 13.7. The number of hydrogen-bond donors (Lipinski definition) is 2. The van der Waals surface area contributed by atoms with Crippen LogP contribution in [-0.2, 0) is 4.79 Å². The molecule has 0 aliphatic carbocycles. The Balaban J connectivity index is 1.51. The van der Waals surface area contributed by atoms with Crippen LogP contribution >= 0.6 is 0 Å². The van der Waals surface area contributed by atoms with E-state index in [9.17, 15) is 18.8 Å². The van der Waals surface area contributed by atoms with E-state index >= 15 is 0 Å². The molecule has 1 heterocycles. The van der Waals surface area contributed by atoms with E-state index in [-0.39, 0.29) is 5.91 Å². The zero-order chi connectivity index (χ0) is 25.3. The van der Waals surface area contributed by atoms with E-state index in [2.05, 4.69) is 12.2 Å². The number of H-pyrrole nitrogens is 1. The van der Waals surface area contributed by atoms with E-state index < -0.39 is 17.1 Å². The van der Waals surface area contributed by atoms with Gasteiger partial charge in [-0.3, -0.25) is 19.1 Å². The van der Waals surface area contributed by atoms with Gasteiger partial charge in [0.15, 0.2) is 0 Å². The quantitative estimate of drug-likeness (QED) is 0.225. The van der Waals surface area contributed by atoms with Crippen molar-refractivity contribution in [3.63, 3.8) is 0 Å². The first-order valence-electron chi connectivity index (χ1n) is 13.4. The fraction of sp³-hybridized carbons (Fsp3) is 0.607. The molecule has 6 nitrogen and oxygen atoms in total. The zero-order valence-electron chi connectivity index (χ0n) is 21.3. The fourth-order valence-electron chi connectivity index (χ4n) is 4.23. The first kappa shape index (κ1) is 28.5. The number of benzene rings is 1. The van der Waals surface area contributed by atoms with E-state index in [0.717, 1.165) is 23.6 Å². The van der Waals surface area contributed by atoms with E-state index in [1.54, 1.807) is 24.3 Å². The number of carbonyl (C=O) groups is 1. The molecule has 0 saturated heterocycles. The maximum atomic E-state index is 13.5. The van der Waals surface area contributed by atoms with Crippen LogP contribution in [0.2, 0.25) is 0 Å². The number of nitrogens with one attached hydrogen (secondary N) is 2. The van der Waals surface area contributed by atoms with Gasteiger partial charge in [0.2, 0.25) is 11.7 Å². The normalized spacial score (nSPS) is 11.0. The lowest BCUT2D eigenvalue weighted by atomic mass is 10.0. The lowest BCUT2D eigenvalue weighted by Gasteiger charge is -2.08. The summed E-state index contributed by atoms with van der Waals surface area (Å²) in [5.41, 5.74) is -0.765. The molecule has 194 valence electrons. The highest BCUT2D eigenvalue weighted by atomic mass is 19.1. The van der Waals surface area contributed by atoms with Crippen LogP contribution in [0.3, 0.4) is 0 Å². The van der Waals surface area contributed by atoms with Gasteiger partial charge in [-0.2, -0.15) is 4.39 Å². The first-order valence-corrected chi connectivity index (χ1v) is 13.4. The van der Waals surface area contributed by atoms with Crippen LogP contribution in [0.5, 0.6) is 0 Å². The van der Waals surface area contributed by atoms with Crippen LogP contribution in [0.1, 0.15) is 110 Å². The van der Waals surface area contributed by atoms with Crippen molar-refractivity contribution in [2.45, 2.75) is 110 Å². The zero-order valence-corrected chi connectivity index (χ0v) is 21.3.